The van der Waals surface area contributed by atoms with Crippen LogP contribution in [0.2, 0.25) is 10.0 Å². The fourth-order valence-electron chi connectivity index (χ4n) is 3.23. The van der Waals surface area contributed by atoms with Gasteiger partial charge in [0.05, 0.1) is 0 Å². The smallest absolute Gasteiger partial charge is 0.329 e. The number of carbonyl (C=O) groups excluding carboxylic acids is 2. The summed E-state index contributed by atoms with van der Waals surface area (Å²) < 4.78 is 10.5. The number of ether oxygens (including phenoxy) is 2. The van der Waals surface area contributed by atoms with Gasteiger partial charge < -0.3 is 19.3 Å². The number of hydrogen-bond donors (Lipinski definition) is 0. The van der Waals surface area contributed by atoms with Crippen LogP contribution in [0.5, 0.6) is 0 Å². The van der Waals surface area contributed by atoms with Crippen molar-refractivity contribution in [2.45, 2.75) is 36.8 Å². The quantitative estimate of drug-likeness (QED) is 0.246. The zero-order chi connectivity index (χ0) is 27.4. The molecule has 0 fully saturated rings. The van der Waals surface area contributed by atoms with Crippen LogP contribution in [-0.2, 0) is 19.1 Å². The average molecular weight is 580 g/mol. The van der Waals surface area contributed by atoms with Crippen LogP contribution in [0.25, 0.3) is 0 Å². The average Bonchev–Trinajstić information content (AvgIpc) is 2.78. The molecule has 6 nitrogen and oxygen atoms in total. The number of rotatable bonds is 10. The first-order valence-electron chi connectivity index (χ1n) is 11.3. The van der Waals surface area contributed by atoms with E-state index in [2.05, 4.69) is 0 Å². The van der Waals surface area contributed by atoms with Gasteiger partial charge in [-0.15, -0.1) is 23.2 Å². The summed E-state index contributed by atoms with van der Waals surface area (Å²) in [6.07, 6.45) is -0.424. The standard InChI is InChI=1S/2C13H17Cl2NO2/c2*1-9(8-16(2)3)18-13(17)12(15)10-6-4-5-7-11(10)14/h2*4-7,9,12H,8H2,1-3H3/t9-,12+;9-,12-/m11/s1. The van der Waals surface area contributed by atoms with E-state index in [9.17, 15) is 9.59 Å². The maximum Gasteiger partial charge on any atom is 0.329 e. The normalized spacial score (nSPS) is 14.3. The largest absolute Gasteiger partial charge is 0.460 e. The van der Waals surface area contributed by atoms with Gasteiger partial charge in [-0.25, -0.2) is 0 Å². The lowest BCUT2D eigenvalue weighted by Gasteiger charge is -2.19. The van der Waals surface area contributed by atoms with E-state index in [1.165, 1.54) is 0 Å². The van der Waals surface area contributed by atoms with Crippen LogP contribution in [0.15, 0.2) is 48.5 Å². The second-order valence-electron chi connectivity index (χ2n) is 8.79. The van der Waals surface area contributed by atoms with Crippen molar-refractivity contribution < 1.29 is 19.1 Å². The number of alkyl halides is 2. The summed E-state index contributed by atoms with van der Waals surface area (Å²) in [5.41, 5.74) is 1.14. The zero-order valence-electron chi connectivity index (χ0n) is 21.4. The monoisotopic (exact) mass is 578 g/mol. The van der Waals surface area contributed by atoms with E-state index in [-0.39, 0.29) is 12.2 Å². The number of benzene rings is 2. The van der Waals surface area contributed by atoms with Crippen LogP contribution >= 0.6 is 46.4 Å². The second kappa shape index (κ2) is 16.3. The molecule has 2 rings (SSSR count). The van der Waals surface area contributed by atoms with Gasteiger partial charge in [0.15, 0.2) is 10.8 Å². The molecule has 0 aliphatic carbocycles. The summed E-state index contributed by atoms with van der Waals surface area (Å²) >= 11 is 24.1. The molecule has 0 saturated heterocycles. The Bertz CT molecular complexity index is 897. The molecule has 0 N–H and O–H groups in total. The third-order valence-electron chi connectivity index (χ3n) is 4.65. The Balaban J connectivity index is 0.000000360. The molecular weight excluding hydrogens is 546 g/mol. The maximum absolute atomic E-state index is 11.9. The second-order valence-corrected chi connectivity index (χ2v) is 10.5. The number of esters is 2. The highest BCUT2D eigenvalue weighted by molar-refractivity contribution is 6.36. The van der Waals surface area contributed by atoms with Crippen LogP contribution in [0, 0.1) is 0 Å². The van der Waals surface area contributed by atoms with E-state index in [0.29, 0.717) is 34.3 Å². The van der Waals surface area contributed by atoms with Crippen molar-refractivity contribution in [3.63, 3.8) is 0 Å². The van der Waals surface area contributed by atoms with Crippen LogP contribution in [0.3, 0.4) is 0 Å². The third kappa shape index (κ3) is 11.7. The molecule has 0 amide bonds. The summed E-state index contributed by atoms with van der Waals surface area (Å²) in [4.78, 5) is 27.6. The van der Waals surface area contributed by atoms with E-state index in [1.807, 2.05) is 51.8 Å². The summed E-state index contributed by atoms with van der Waals surface area (Å²) in [6, 6.07) is 14.0. The Labute approximate surface area is 234 Å². The Morgan fingerprint density at radius 2 is 1.00 bits per heavy atom. The zero-order valence-corrected chi connectivity index (χ0v) is 24.4. The molecule has 0 heterocycles. The van der Waals surface area contributed by atoms with Gasteiger partial charge in [-0.3, -0.25) is 9.59 Å². The molecule has 0 radical (unpaired) electrons. The Hall–Kier alpha value is -1.54. The molecular formula is C26H34Cl4N2O4. The van der Waals surface area contributed by atoms with Crippen molar-refractivity contribution in [3.8, 4) is 0 Å². The highest BCUT2D eigenvalue weighted by Crippen LogP contribution is 2.30. The molecule has 36 heavy (non-hydrogen) atoms. The van der Waals surface area contributed by atoms with E-state index in [4.69, 9.17) is 55.9 Å². The topological polar surface area (TPSA) is 59.1 Å². The van der Waals surface area contributed by atoms with Gasteiger partial charge in [-0.2, -0.15) is 0 Å². The minimum absolute atomic E-state index is 0.212. The molecule has 4 atom stereocenters. The van der Waals surface area contributed by atoms with E-state index in [0.717, 1.165) is 0 Å². The summed E-state index contributed by atoms with van der Waals surface area (Å²) in [5, 5.41) is -0.809. The molecule has 0 saturated carbocycles. The molecule has 2 aromatic rings. The highest BCUT2D eigenvalue weighted by atomic mass is 35.5. The highest BCUT2D eigenvalue weighted by Gasteiger charge is 2.24. The summed E-state index contributed by atoms with van der Waals surface area (Å²) in [5.74, 6) is -0.946. The molecule has 0 aliphatic heterocycles. The van der Waals surface area contributed by atoms with Gasteiger partial charge in [0.25, 0.3) is 0 Å². The first-order valence-corrected chi connectivity index (χ1v) is 12.9. The number of halogens is 4. The van der Waals surface area contributed by atoms with Gasteiger partial charge in [-0.05, 0) is 65.3 Å². The van der Waals surface area contributed by atoms with Crippen LogP contribution in [-0.4, -0.2) is 75.2 Å². The van der Waals surface area contributed by atoms with Gasteiger partial charge >= 0.3 is 11.9 Å². The molecule has 0 bridgehead atoms. The maximum atomic E-state index is 11.9. The lowest BCUT2D eigenvalue weighted by atomic mass is 10.1. The molecule has 0 unspecified atom stereocenters. The van der Waals surface area contributed by atoms with Crippen molar-refractivity contribution in [2.75, 3.05) is 41.3 Å². The lowest BCUT2D eigenvalue weighted by Crippen LogP contribution is -2.29. The van der Waals surface area contributed by atoms with Crippen molar-refractivity contribution >= 4 is 58.3 Å². The molecule has 0 aromatic heterocycles. The van der Waals surface area contributed by atoms with E-state index in [1.54, 1.807) is 48.5 Å². The van der Waals surface area contributed by atoms with Crippen LogP contribution < -0.4 is 0 Å². The van der Waals surface area contributed by atoms with Crippen LogP contribution in [0.1, 0.15) is 35.7 Å². The van der Waals surface area contributed by atoms with Crippen molar-refractivity contribution in [3.05, 3.63) is 69.7 Å². The van der Waals surface area contributed by atoms with Gasteiger partial charge in [0, 0.05) is 23.1 Å². The number of likely N-dealkylation sites (N-methyl/N-ethyl adjacent to an activating group) is 2. The van der Waals surface area contributed by atoms with E-state index >= 15 is 0 Å². The van der Waals surface area contributed by atoms with Crippen molar-refractivity contribution in [1.29, 1.82) is 0 Å². The summed E-state index contributed by atoms with van der Waals surface area (Å²) in [7, 11) is 7.65. The van der Waals surface area contributed by atoms with Gasteiger partial charge in [-0.1, -0.05) is 59.6 Å². The number of carbonyl (C=O) groups is 2. The molecule has 2 aromatic carbocycles. The van der Waals surface area contributed by atoms with Gasteiger partial charge in [0.1, 0.15) is 12.2 Å². The van der Waals surface area contributed by atoms with Gasteiger partial charge in [0.2, 0.25) is 0 Å². The van der Waals surface area contributed by atoms with Crippen LogP contribution in [0.4, 0.5) is 0 Å². The minimum atomic E-state index is -0.872. The number of hydrogen-bond acceptors (Lipinski definition) is 6. The molecule has 0 spiro atoms. The van der Waals surface area contributed by atoms with E-state index < -0.39 is 22.7 Å². The molecule has 200 valence electrons. The Kier molecular flexibility index (Phi) is 14.7. The first-order chi connectivity index (χ1) is 16.8. The lowest BCUT2D eigenvalue weighted by molar-refractivity contribution is -0.149. The fourth-order valence-corrected chi connectivity index (χ4v) is 4.32. The third-order valence-corrected chi connectivity index (χ3v) is 6.16. The summed E-state index contributed by atoms with van der Waals surface area (Å²) in [6.45, 7) is 4.96. The molecule has 0 aliphatic rings. The predicted octanol–water partition coefficient (Wildman–Crippen LogP) is 6.23. The Morgan fingerprint density at radius 1 is 0.694 bits per heavy atom. The fraction of sp³-hybridized carbons (Fsp3) is 0.462. The SMILES string of the molecule is C[C@H](CN(C)C)OC(=O)[C@@H](Cl)c1ccccc1Cl.C[C@H](CN(C)C)OC(=O)[C@H](Cl)c1ccccc1Cl. The number of nitrogens with zero attached hydrogens (tertiary/aromatic N) is 2. The molecule has 10 heteroatoms. The predicted molar refractivity (Wildman–Crippen MR) is 148 cm³/mol. The van der Waals surface area contributed by atoms with Crippen molar-refractivity contribution in [2.24, 2.45) is 0 Å². The van der Waals surface area contributed by atoms with Crippen molar-refractivity contribution in [1.82, 2.24) is 9.80 Å². The Morgan fingerprint density at radius 3 is 1.28 bits per heavy atom. The first kappa shape index (κ1) is 32.5. The minimum Gasteiger partial charge on any atom is -0.460 e.